The van der Waals surface area contributed by atoms with Crippen LogP contribution in [0.4, 0.5) is 5.82 Å². The number of benzene rings is 1. The van der Waals surface area contributed by atoms with Gasteiger partial charge in [-0.3, -0.25) is 10.00 Å². The van der Waals surface area contributed by atoms with Gasteiger partial charge in [0, 0.05) is 17.6 Å². The van der Waals surface area contributed by atoms with E-state index in [9.17, 15) is 10.0 Å². The van der Waals surface area contributed by atoms with Crippen molar-refractivity contribution in [3.8, 4) is 0 Å². The Bertz CT molecular complexity index is 860. The molecule has 24 heavy (non-hydrogen) atoms. The number of ether oxygens (including phenoxy) is 1. The molecule has 0 amide bonds. The van der Waals surface area contributed by atoms with Gasteiger partial charge in [0.15, 0.2) is 0 Å². The molecule has 0 radical (unpaired) electrons. The van der Waals surface area contributed by atoms with Crippen molar-refractivity contribution in [3.05, 3.63) is 54.4 Å². The van der Waals surface area contributed by atoms with E-state index in [1.165, 1.54) is 0 Å². The normalized spacial score (nSPS) is 10.7. The minimum atomic E-state index is -0.328. The first kappa shape index (κ1) is 15.8. The van der Waals surface area contributed by atoms with E-state index >= 15 is 0 Å². The van der Waals surface area contributed by atoms with Crippen molar-refractivity contribution in [2.75, 3.05) is 18.5 Å². The van der Waals surface area contributed by atoms with Gasteiger partial charge in [-0.15, -0.1) is 0 Å². The molecule has 7 nitrogen and oxygen atoms in total. The van der Waals surface area contributed by atoms with Crippen molar-refractivity contribution >= 4 is 22.7 Å². The Kier molecular flexibility index (Phi) is 4.60. The maximum absolute atomic E-state index is 11.8. The molecule has 0 saturated heterocycles. The van der Waals surface area contributed by atoms with Crippen molar-refractivity contribution < 1.29 is 19.5 Å². The molecule has 124 valence electrons. The predicted octanol–water partition coefficient (Wildman–Crippen LogP) is 1.85. The summed E-state index contributed by atoms with van der Waals surface area (Å²) in [6.45, 7) is 3.36. The van der Waals surface area contributed by atoms with Gasteiger partial charge in [0.05, 0.1) is 24.2 Å². The first-order valence-corrected chi connectivity index (χ1v) is 7.75. The molecule has 2 heterocycles. The minimum absolute atomic E-state index is 0.328. The number of rotatable bonds is 6. The van der Waals surface area contributed by atoms with Crippen molar-refractivity contribution in [3.63, 3.8) is 0 Å². The molecular weight excluding hydrogens is 308 g/mol. The smallest absolute Gasteiger partial charge is 0.338 e. The van der Waals surface area contributed by atoms with Crippen LogP contribution < -0.4 is 10.0 Å². The van der Waals surface area contributed by atoms with E-state index < -0.39 is 0 Å². The van der Waals surface area contributed by atoms with Crippen LogP contribution in [0.15, 0.2) is 48.8 Å². The van der Waals surface area contributed by atoms with Crippen LogP contribution in [0.1, 0.15) is 17.3 Å². The van der Waals surface area contributed by atoms with Crippen LogP contribution in [0.2, 0.25) is 0 Å². The number of esters is 1. The molecule has 3 rings (SSSR count). The molecule has 7 heteroatoms. The summed E-state index contributed by atoms with van der Waals surface area (Å²) >= 11 is 0. The van der Waals surface area contributed by atoms with E-state index in [1.807, 2.05) is 18.3 Å². The summed E-state index contributed by atoms with van der Waals surface area (Å²) in [7, 11) is 0. The number of anilines is 1. The van der Waals surface area contributed by atoms with Crippen LogP contribution >= 0.6 is 0 Å². The third-order valence-corrected chi connectivity index (χ3v) is 3.55. The SMILES string of the molecule is CCOC(=O)c1ccc2nn(CCNc3cccc[n+]3O)cc2c1. The largest absolute Gasteiger partial charge is 0.462 e. The van der Waals surface area contributed by atoms with Crippen LogP contribution in [0, 0.1) is 0 Å². The quantitative estimate of drug-likeness (QED) is 0.410. The molecule has 0 bridgehead atoms. The molecule has 0 atom stereocenters. The summed E-state index contributed by atoms with van der Waals surface area (Å²) in [6, 6.07) is 10.7. The van der Waals surface area contributed by atoms with Gasteiger partial charge in [0.25, 0.3) is 0 Å². The molecule has 1 aromatic carbocycles. The highest BCUT2D eigenvalue weighted by atomic mass is 16.5. The highest BCUT2D eigenvalue weighted by Gasteiger charge is 2.10. The van der Waals surface area contributed by atoms with E-state index in [0.29, 0.717) is 31.1 Å². The van der Waals surface area contributed by atoms with Gasteiger partial charge in [-0.2, -0.15) is 5.10 Å². The Labute approximate surface area is 139 Å². The van der Waals surface area contributed by atoms with E-state index in [4.69, 9.17) is 4.74 Å². The topological polar surface area (TPSA) is 80.3 Å². The van der Waals surface area contributed by atoms with Crippen LogP contribution in [-0.4, -0.2) is 34.1 Å². The third kappa shape index (κ3) is 3.45. The van der Waals surface area contributed by atoms with Crippen molar-refractivity contribution in [2.24, 2.45) is 0 Å². The molecule has 0 unspecified atom stereocenters. The molecule has 2 aromatic heterocycles. The molecule has 0 spiro atoms. The lowest BCUT2D eigenvalue weighted by molar-refractivity contribution is -0.893. The van der Waals surface area contributed by atoms with Crippen molar-refractivity contribution in [1.29, 1.82) is 0 Å². The Morgan fingerprint density at radius 3 is 3.04 bits per heavy atom. The zero-order chi connectivity index (χ0) is 16.9. The minimum Gasteiger partial charge on any atom is -0.462 e. The third-order valence-electron chi connectivity index (χ3n) is 3.55. The van der Waals surface area contributed by atoms with E-state index in [1.54, 1.807) is 42.1 Å². The maximum Gasteiger partial charge on any atom is 0.338 e. The monoisotopic (exact) mass is 327 g/mol. The molecule has 2 N–H and O–H groups in total. The van der Waals surface area contributed by atoms with Crippen molar-refractivity contribution in [1.82, 2.24) is 9.78 Å². The fraction of sp³-hybridized carbons (Fsp3) is 0.235. The van der Waals surface area contributed by atoms with E-state index in [2.05, 4.69) is 10.4 Å². The fourth-order valence-electron chi connectivity index (χ4n) is 2.41. The molecule has 0 saturated carbocycles. The van der Waals surface area contributed by atoms with Crippen LogP contribution in [0.25, 0.3) is 10.9 Å². The maximum atomic E-state index is 11.8. The van der Waals surface area contributed by atoms with Crippen LogP contribution in [0.5, 0.6) is 0 Å². The highest BCUT2D eigenvalue weighted by molar-refractivity contribution is 5.94. The van der Waals surface area contributed by atoms with Gasteiger partial charge < -0.3 is 9.94 Å². The number of carbonyl (C=O) groups is 1. The molecule has 0 aliphatic heterocycles. The summed E-state index contributed by atoms with van der Waals surface area (Å²) in [5.41, 5.74) is 1.34. The average Bonchev–Trinajstić information content (AvgIpc) is 2.98. The number of hydrogen-bond acceptors (Lipinski definition) is 5. The Morgan fingerprint density at radius 2 is 2.25 bits per heavy atom. The van der Waals surface area contributed by atoms with Gasteiger partial charge in [-0.1, -0.05) is 10.8 Å². The summed E-state index contributed by atoms with van der Waals surface area (Å²) in [5.74, 6) is 0.282. The number of fused-ring (bicyclic) bond motifs is 1. The summed E-state index contributed by atoms with van der Waals surface area (Å²) < 4.78 is 7.84. The summed E-state index contributed by atoms with van der Waals surface area (Å²) in [4.78, 5) is 11.8. The second kappa shape index (κ2) is 6.99. The first-order chi connectivity index (χ1) is 11.7. The fourth-order valence-corrected chi connectivity index (χ4v) is 2.41. The van der Waals surface area contributed by atoms with Gasteiger partial charge in [-0.05, 0) is 31.2 Å². The lowest BCUT2D eigenvalue weighted by Crippen LogP contribution is -2.34. The summed E-state index contributed by atoms with van der Waals surface area (Å²) in [6.07, 6.45) is 3.44. The standard InChI is InChI=1S/C17H18N4O3/c1-2-24-17(22)13-6-7-15-14(11-13)12-20(19-15)10-8-18-16-5-3-4-9-21(16)23/h3-7,9,11-12,23H,2,8,10H2,1H3/p+1. The molecule has 0 aliphatic carbocycles. The zero-order valence-electron chi connectivity index (χ0n) is 13.3. The van der Waals surface area contributed by atoms with Crippen LogP contribution in [-0.2, 0) is 11.3 Å². The second-order valence-corrected chi connectivity index (χ2v) is 5.24. The number of carbonyl (C=O) groups excluding carboxylic acids is 1. The van der Waals surface area contributed by atoms with Gasteiger partial charge in [0.1, 0.15) is 12.7 Å². The number of nitrogens with zero attached hydrogens (tertiary/aromatic N) is 3. The van der Waals surface area contributed by atoms with Gasteiger partial charge in [-0.25, -0.2) is 4.79 Å². The highest BCUT2D eigenvalue weighted by Crippen LogP contribution is 2.15. The Hall–Kier alpha value is -3.09. The zero-order valence-corrected chi connectivity index (χ0v) is 13.3. The lowest BCUT2D eigenvalue weighted by Gasteiger charge is -2.01. The Balaban J connectivity index is 1.67. The number of hydrogen-bond donors (Lipinski definition) is 2. The van der Waals surface area contributed by atoms with Crippen molar-refractivity contribution in [2.45, 2.75) is 13.5 Å². The van der Waals surface area contributed by atoms with Crippen LogP contribution in [0.3, 0.4) is 0 Å². The first-order valence-electron chi connectivity index (χ1n) is 7.75. The molecule has 0 fully saturated rings. The Morgan fingerprint density at radius 1 is 1.38 bits per heavy atom. The lowest BCUT2D eigenvalue weighted by atomic mass is 10.2. The van der Waals surface area contributed by atoms with Gasteiger partial charge >= 0.3 is 11.8 Å². The van der Waals surface area contributed by atoms with Gasteiger partial charge in [0.2, 0.25) is 0 Å². The number of nitrogens with one attached hydrogen (secondary N) is 1. The number of pyridine rings is 1. The summed E-state index contributed by atoms with van der Waals surface area (Å²) in [5, 5.41) is 18.1. The molecular formula is C17H19N4O3+. The van der Waals surface area contributed by atoms with E-state index in [0.717, 1.165) is 15.6 Å². The number of aromatic nitrogens is 3. The second-order valence-electron chi connectivity index (χ2n) is 5.24. The predicted molar refractivity (Wildman–Crippen MR) is 88.0 cm³/mol. The molecule has 0 aliphatic rings. The average molecular weight is 327 g/mol. The molecule has 3 aromatic rings. The van der Waals surface area contributed by atoms with E-state index in [-0.39, 0.29) is 5.97 Å².